The number of carbonyl (C=O) groups excluding carboxylic acids is 1. The van der Waals surface area contributed by atoms with Crippen molar-refractivity contribution in [3.8, 4) is 0 Å². The number of thiophene rings is 1. The second-order valence-electron chi connectivity index (χ2n) is 3.70. The van der Waals surface area contributed by atoms with Crippen LogP contribution in [0, 0.1) is 13.8 Å². The summed E-state index contributed by atoms with van der Waals surface area (Å²) in [4.78, 5) is 13.8. The molecule has 84 valence electrons. The van der Waals surface area contributed by atoms with Crippen molar-refractivity contribution in [3.63, 3.8) is 0 Å². The molecule has 0 saturated heterocycles. The van der Waals surface area contributed by atoms with E-state index in [1.807, 2.05) is 26.8 Å². The molecule has 1 heterocycles. The summed E-state index contributed by atoms with van der Waals surface area (Å²) in [6.45, 7) is 6.09. The van der Waals surface area contributed by atoms with E-state index in [0.717, 1.165) is 16.6 Å². The van der Waals surface area contributed by atoms with Crippen LogP contribution in [0.1, 0.15) is 33.5 Å². The Kier molecular flexibility index (Phi) is 4.80. The molecule has 1 rings (SSSR count). The number of rotatable bonds is 4. The van der Waals surface area contributed by atoms with Gasteiger partial charge in [-0.15, -0.1) is 11.3 Å². The van der Waals surface area contributed by atoms with Crippen LogP contribution in [-0.2, 0) is 0 Å². The molecule has 0 spiro atoms. The normalized spacial score (nSPS) is 12.5. The molecule has 1 aromatic heterocycles. The first kappa shape index (κ1) is 12.7. The van der Waals surface area contributed by atoms with Gasteiger partial charge in [-0.2, -0.15) is 0 Å². The van der Waals surface area contributed by atoms with Crippen molar-refractivity contribution in [1.29, 1.82) is 0 Å². The molecule has 0 radical (unpaired) electrons. The minimum Gasteiger partial charge on any atom is -0.349 e. The number of hydrogen-bond donors (Lipinski definition) is 1. The molecule has 0 aliphatic carbocycles. The van der Waals surface area contributed by atoms with Gasteiger partial charge in [0.25, 0.3) is 5.91 Å². The van der Waals surface area contributed by atoms with Gasteiger partial charge in [0.2, 0.25) is 0 Å². The summed E-state index contributed by atoms with van der Waals surface area (Å²) < 4.78 is 0. The average Bonchev–Trinajstić information content (AvgIpc) is 2.47. The predicted octanol–water partition coefficient (Wildman–Crippen LogP) is 3.27. The van der Waals surface area contributed by atoms with Crippen molar-refractivity contribution >= 4 is 33.2 Å². The van der Waals surface area contributed by atoms with E-state index >= 15 is 0 Å². The molecule has 4 heteroatoms. The summed E-state index contributed by atoms with van der Waals surface area (Å²) in [6, 6.07) is 2.18. The van der Waals surface area contributed by atoms with Crippen LogP contribution in [0.25, 0.3) is 0 Å². The zero-order chi connectivity index (χ0) is 11.4. The van der Waals surface area contributed by atoms with E-state index < -0.39 is 0 Å². The van der Waals surface area contributed by atoms with E-state index in [-0.39, 0.29) is 11.9 Å². The van der Waals surface area contributed by atoms with Crippen molar-refractivity contribution < 1.29 is 4.79 Å². The SMILES string of the molecule is Cc1cc(C(=O)NC(C)CCBr)sc1C. The smallest absolute Gasteiger partial charge is 0.261 e. The largest absolute Gasteiger partial charge is 0.349 e. The molecular formula is C11H16BrNOS. The number of carbonyl (C=O) groups is 1. The van der Waals surface area contributed by atoms with Gasteiger partial charge in [-0.1, -0.05) is 15.9 Å². The molecule has 2 nitrogen and oxygen atoms in total. The number of aryl methyl sites for hydroxylation is 2. The first-order valence-electron chi connectivity index (χ1n) is 4.98. The van der Waals surface area contributed by atoms with Crippen LogP contribution in [0.4, 0.5) is 0 Å². The molecular weight excluding hydrogens is 274 g/mol. The third-order valence-corrected chi connectivity index (χ3v) is 3.92. The van der Waals surface area contributed by atoms with E-state index in [0.29, 0.717) is 0 Å². The van der Waals surface area contributed by atoms with Gasteiger partial charge in [0.1, 0.15) is 0 Å². The Hall–Kier alpha value is -0.350. The lowest BCUT2D eigenvalue weighted by atomic mass is 10.2. The molecule has 0 aliphatic rings. The Morgan fingerprint density at radius 1 is 1.60 bits per heavy atom. The lowest BCUT2D eigenvalue weighted by Crippen LogP contribution is -2.32. The summed E-state index contributed by atoms with van der Waals surface area (Å²) in [6.07, 6.45) is 0.953. The Morgan fingerprint density at radius 3 is 2.73 bits per heavy atom. The van der Waals surface area contributed by atoms with E-state index in [4.69, 9.17) is 0 Å². The number of halogens is 1. The Balaban J connectivity index is 2.61. The lowest BCUT2D eigenvalue weighted by molar-refractivity contribution is 0.0943. The quantitative estimate of drug-likeness (QED) is 0.847. The van der Waals surface area contributed by atoms with Crippen molar-refractivity contribution in [2.45, 2.75) is 33.2 Å². The van der Waals surface area contributed by atoms with Crippen LogP contribution in [0.15, 0.2) is 6.07 Å². The molecule has 1 N–H and O–H groups in total. The van der Waals surface area contributed by atoms with E-state index in [9.17, 15) is 4.79 Å². The zero-order valence-corrected chi connectivity index (χ0v) is 11.7. The van der Waals surface area contributed by atoms with Crippen LogP contribution < -0.4 is 5.32 Å². The monoisotopic (exact) mass is 289 g/mol. The average molecular weight is 290 g/mol. The summed E-state index contributed by atoms with van der Waals surface area (Å²) >= 11 is 4.92. The first-order chi connectivity index (χ1) is 7.04. The molecule has 0 aliphatic heterocycles. The van der Waals surface area contributed by atoms with E-state index in [2.05, 4.69) is 21.2 Å². The fourth-order valence-corrected chi connectivity index (χ4v) is 2.84. The van der Waals surface area contributed by atoms with E-state index in [1.165, 1.54) is 10.4 Å². The molecule has 0 bridgehead atoms. The molecule has 0 aromatic carbocycles. The molecule has 0 fully saturated rings. The van der Waals surface area contributed by atoms with Crippen LogP contribution >= 0.6 is 27.3 Å². The van der Waals surface area contributed by atoms with Gasteiger partial charge in [0, 0.05) is 16.2 Å². The summed E-state index contributed by atoms with van der Waals surface area (Å²) in [7, 11) is 0. The molecule has 15 heavy (non-hydrogen) atoms. The van der Waals surface area contributed by atoms with Crippen molar-refractivity contribution in [2.24, 2.45) is 0 Å². The number of alkyl halides is 1. The van der Waals surface area contributed by atoms with Gasteiger partial charge in [-0.25, -0.2) is 0 Å². The fraction of sp³-hybridized carbons (Fsp3) is 0.545. The van der Waals surface area contributed by atoms with Crippen molar-refractivity contribution in [2.75, 3.05) is 5.33 Å². The second-order valence-corrected chi connectivity index (χ2v) is 5.75. The van der Waals surface area contributed by atoms with Gasteiger partial charge in [0.05, 0.1) is 4.88 Å². The molecule has 1 atom stereocenters. The third kappa shape index (κ3) is 3.61. The molecule has 1 aromatic rings. The zero-order valence-electron chi connectivity index (χ0n) is 9.26. The van der Waals surface area contributed by atoms with Crippen molar-refractivity contribution in [1.82, 2.24) is 5.32 Å². The highest BCUT2D eigenvalue weighted by Crippen LogP contribution is 2.20. The van der Waals surface area contributed by atoms with E-state index in [1.54, 1.807) is 11.3 Å². The summed E-state index contributed by atoms with van der Waals surface area (Å²) in [5.74, 6) is 0.0460. The highest BCUT2D eigenvalue weighted by atomic mass is 79.9. The maximum atomic E-state index is 11.8. The first-order valence-corrected chi connectivity index (χ1v) is 6.92. The standard InChI is InChI=1S/C11H16BrNOS/c1-7-6-10(15-9(7)3)11(14)13-8(2)4-5-12/h6,8H,4-5H2,1-3H3,(H,13,14). The second kappa shape index (κ2) is 5.66. The molecule has 1 amide bonds. The van der Waals surface area contributed by atoms with Gasteiger partial charge in [-0.05, 0) is 38.8 Å². The van der Waals surface area contributed by atoms with Crippen LogP contribution in [0.5, 0.6) is 0 Å². The summed E-state index contributed by atoms with van der Waals surface area (Å²) in [5.41, 5.74) is 1.19. The number of hydrogen-bond acceptors (Lipinski definition) is 2. The van der Waals surface area contributed by atoms with Crippen LogP contribution in [-0.4, -0.2) is 17.3 Å². The van der Waals surface area contributed by atoms with Gasteiger partial charge in [0.15, 0.2) is 0 Å². The maximum absolute atomic E-state index is 11.8. The number of amides is 1. The van der Waals surface area contributed by atoms with Gasteiger partial charge >= 0.3 is 0 Å². The number of nitrogens with one attached hydrogen (secondary N) is 1. The highest BCUT2D eigenvalue weighted by Gasteiger charge is 2.12. The predicted molar refractivity (Wildman–Crippen MR) is 69.1 cm³/mol. The lowest BCUT2D eigenvalue weighted by Gasteiger charge is -2.10. The van der Waals surface area contributed by atoms with Crippen LogP contribution in [0.2, 0.25) is 0 Å². The Bertz CT molecular complexity index is 329. The Morgan fingerprint density at radius 2 is 2.27 bits per heavy atom. The fourth-order valence-electron chi connectivity index (χ4n) is 1.22. The van der Waals surface area contributed by atoms with Crippen molar-refractivity contribution in [3.05, 3.63) is 21.4 Å². The van der Waals surface area contributed by atoms with Gasteiger partial charge < -0.3 is 5.32 Å². The topological polar surface area (TPSA) is 29.1 Å². The van der Waals surface area contributed by atoms with Gasteiger partial charge in [-0.3, -0.25) is 4.79 Å². The molecule has 1 unspecified atom stereocenters. The third-order valence-electron chi connectivity index (χ3n) is 2.31. The minimum atomic E-state index is 0.0460. The molecule has 0 saturated carbocycles. The highest BCUT2D eigenvalue weighted by molar-refractivity contribution is 9.09. The van der Waals surface area contributed by atoms with Crippen LogP contribution in [0.3, 0.4) is 0 Å². The minimum absolute atomic E-state index is 0.0460. The maximum Gasteiger partial charge on any atom is 0.261 e. The Labute approximate surface area is 103 Å². The summed E-state index contributed by atoms with van der Waals surface area (Å²) in [5, 5.41) is 3.89.